The predicted molar refractivity (Wildman–Crippen MR) is 86.8 cm³/mol. The normalized spacial score (nSPS) is 17.1. The average Bonchev–Trinajstić information content (AvgIpc) is 3.09. The van der Waals surface area contributed by atoms with Gasteiger partial charge in [-0.2, -0.15) is 0 Å². The fourth-order valence-corrected chi connectivity index (χ4v) is 4.20. The van der Waals surface area contributed by atoms with Crippen molar-refractivity contribution in [2.24, 2.45) is 0 Å². The van der Waals surface area contributed by atoms with Gasteiger partial charge in [0.1, 0.15) is 5.76 Å². The lowest BCUT2D eigenvalue weighted by atomic mass is 10.1. The molecule has 1 atom stereocenters. The minimum Gasteiger partial charge on any atom is -0.467 e. The van der Waals surface area contributed by atoms with Gasteiger partial charge in [0.25, 0.3) is 5.91 Å². The Morgan fingerprint density at radius 1 is 1.39 bits per heavy atom. The highest BCUT2D eigenvalue weighted by Gasteiger charge is 2.32. The van der Waals surface area contributed by atoms with Crippen LogP contribution in [0, 0.1) is 0 Å². The van der Waals surface area contributed by atoms with Crippen LogP contribution in [0.1, 0.15) is 28.6 Å². The van der Waals surface area contributed by atoms with Gasteiger partial charge in [-0.15, -0.1) is 0 Å². The molecule has 1 aliphatic heterocycles. The Morgan fingerprint density at radius 3 is 2.83 bits per heavy atom. The highest BCUT2D eigenvalue weighted by molar-refractivity contribution is 7.92. The van der Waals surface area contributed by atoms with Crippen molar-refractivity contribution < 1.29 is 17.6 Å². The van der Waals surface area contributed by atoms with E-state index in [2.05, 4.69) is 5.32 Å². The molecule has 23 heavy (non-hydrogen) atoms. The zero-order valence-corrected chi connectivity index (χ0v) is 13.8. The Bertz CT molecular complexity index is 828. The summed E-state index contributed by atoms with van der Waals surface area (Å²) in [5.41, 5.74) is 2.04. The lowest BCUT2D eigenvalue weighted by Gasteiger charge is -2.21. The van der Waals surface area contributed by atoms with Gasteiger partial charge in [0.15, 0.2) is 0 Å². The molecule has 0 unspecified atom stereocenters. The molecule has 0 saturated carbocycles. The molecule has 0 spiro atoms. The number of carbonyl (C=O) groups is 1. The quantitative estimate of drug-likeness (QED) is 0.926. The highest BCUT2D eigenvalue weighted by Crippen LogP contribution is 2.34. The SMILES string of the molecule is C[C@H]1Cc2cc(C(=O)NCc3ccco3)ccc2N1S(C)(=O)=O. The molecule has 0 bridgehead atoms. The van der Waals surface area contributed by atoms with Gasteiger partial charge >= 0.3 is 0 Å². The minimum absolute atomic E-state index is 0.138. The fraction of sp³-hybridized carbons (Fsp3) is 0.312. The smallest absolute Gasteiger partial charge is 0.251 e. The second kappa shape index (κ2) is 5.73. The number of fused-ring (bicyclic) bond motifs is 1. The number of carbonyl (C=O) groups excluding carboxylic acids is 1. The van der Waals surface area contributed by atoms with Crippen LogP contribution in [0.15, 0.2) is 41.0 Å². The first-order valence-corrected chi connectivity index (χ1v) is 9.14. The Labute approximate surface area is 135 Å². The lowest BCUT2D eigenvalue weighted by Crippen LogP contribution is -2.34. The molecule has 1 amide bonds. The van der Waals surface area contributed by atoms with Crippen molar-refractivity contribution >= 4 is 21.6 Å². The van der Waals surface area contributed by atoms with Crippen molar-refractivity contribution in [1.82, 2.24) is 5.32 Å². The number of benzene rings is 1. The fourth-order valence-electron chi connectivity index (χ4n) is 2.93. The summed E-state index contributed by atoms with van der Waals surface area (Å²) in [5.74, 6) is 0.464. The molecule has 1 aromatic carbocycles. The van der Waals surface area contributed by atoms with Gasteiger partial charge in [0.2, 0.25) is 10.0 Å². The summed E-state index contributed by atoms with van der Waals surface area (Å²) >= 11 is 0. The number of amides is 1. The molecule has 2 aromatic rings. The van der Waals surface area contributed by atoms with Gasteiger partial charge in [0.05, 0.1) is 24.8 Å². The molecule has 2 heterocycles. The van der Waals surface area contributed by atoms with E-state index in [1.165, 1.54) is 10.6 Å². The third-order valence-electron chi connectivity index (χ3n) is 3.86. The first kappa shape index (κ1) is 15.6. The van der Waals surface area contributed by atoms with E-state index >= 15 is 0 Å². The molecular formula is C16H18N2O4S. The zero-order valence-electron chi connectivity index (χ0n) is 12.9. The molecule has 0 fully saturated rings. The second-order valence-electron chi connectivity index (χ2n) is 5.72. The van der Waals surface area contributed by atoms with Crippen molar-refractivity contribution in [3.8, 4) is 0 Å². The second-order valence-corrected chi connectivity index (χ2v) is 7.58. The summed E-state index contributed by atoms with van der Waals surface area (Å²) in [5, 5.41) is 2.78. The van der Waals surface area contributed by atoms with Crippen LogP contribution in [0.3, 0.4) is 0 Å². The maximum atomic E-state index is 12.2. The molecule has 0 radical (unpaired) electrons. The summed E-state index contributed by atoms with van der Waals surface area (Å²) in [6, 6.07) is 8.51. The topological polar surface area (TPSA) is 79.6 Å². The molecule has 0 saturated heterocycles. The summed E-state index contributed by atoms with van der Waals surface area (Å²) < 4.78 is 30.4. The zero-order chi connectivity index (χ0) is 16.6. The summed E-state index contributed by atoms with van der Waals surface area (Å²) in [7, 11) is -3.32. The first-order chi connectivity index (χ1) is 10.9. The molecule has 1 aromatic heterocycles. The number of furan rings is 1. The summed E-state index contributed by atoms with van der Waals surface area (Å²) in [4.78, 5) is 12.2. The predicted octanol–water partition coefficient (Wildman–Crippen LogP) is 1.92. The number of sulfonamides is 1. The maximum absolute atomic E-state index is 12.2. The summed E-state index contributed by atoms with van der Waals surface area (Å²) in [6.45, 7) is 2.17. The number of hydrogen-bond acceptors (Lipinski definition) is 4. The van der Waals surface area contributed by atoms with Gasteiger partial charge in [-0.25, -0.2) is 8.42 Å². The highest BCUT2D eigenvalue weighted by atomic mass is 32.2. The van der Waals surface area contributed by atoms with Crippen LogP contribution in [0.2, 0.25) is 0 Å². The number of hydrogen-bond donors (Lipinski definition) is 1. The number of rotatable bonds is 4. The monoisotopic (exact) mass is 334 g/mol. The summed E-state index contributed by atoms with van der Waals surface area (Å²) in [6.07, 6.45) is 3.35. The lowest BCUT2D eigenvalue weighted by molar-refractivity contribution is 0.0948. The van der Waals surface area contributed by atoms with E-state index in [1.54, 1.807) is 36.6 Å². The number of nitrogens with zero attached hydrogens (tertiary/aromatic N) is 1. The molecule has 0 aliphatic carbocycles. The molecule has 122 valence electrons. The van der Waals surface area contributed by atoms with Crippen LogP contribution in [-0.4, -0.2) is 26.6 Å². The van der Waals surface area contributed by atoms with E-state index in [1.807, 2.05) is 6.92 Å². The van der Waals surface area contributed by atoms with E-state index in [9.17, 15) is 13.2 Å². The Kier molecular flexibility index (Phi) is 3.89. The molecule has 1 aliphatic rings. The Morgan fingerprint density at radius 2 is 2.17 bits per heavy atom. The van der Waals surface area contributed by atoms with Gasteiger partial charge < -0.3 is 9.73 Å². The molecule has 6 nitrogen and oxygen atoms in total. The van der Waals surface area contributed by atoms with Crippen LogP contribution in [0.5, 0.6) is 0 Å². The number of nitrogens with one attached hydrogen (secondary N) is 1. The van der Waals surface area contributed by atoms with Crippen LogP contribution in [0.4, 0.5) is 5.69 Å². The molecule has 1 N–H and O–H groups in total. The third kappa shape index (κ3) is 3.10. The van der Waals surface area contributed by atoms with E-state index in [-0.39, 0.29) is 11.9 Å². The third-order valence-corrected chi connectivity index (χ3v) is 5.13. The van der Waals surface area contributed by atoms with Crippen molar-refractivity contribution in [3.63, 3.8) is 0 Å². The van der Waals surface area contributed by atoms with Crippen molar-refractivity contribution in [1.29, 1.82) is 0 Å². The Balaban J connectivity index is 1.79. The van der Waals surface area contributed by atoms with Gasteiger partial charge in [-0.3, -0.25) is 9.10 Å². The van der Waals surface area contributed by atoms with E-state index in [0.29, 0.717) is 30.0 Å². The number of anilines is 1. The van der Waals surface area contributed by atoms with Crippen LogP contribution in [-0.2, 0) is 23.0 Å². The maximum Gasteiger partial charge on any atom is 0.251 e. The van der Waals surface area contributed by atoms with Gasteiger partial charge in [0, 0.05) is 11.6 Å². The van der Waals surface area contributed by atoms with E-state index in [4.69, 9.17) is 4.42 Å². The van der Waals surface area contributed by atoms with E-state index in [0.717, 1.165) is 5.56 Å². The average molecular weight is 334 g/mol. The van der Waals surface area contributed by atoms with Gasteiger partial charge in [-0.1, -0.05) is 0 Å². The van der Waals surface area contributed by atoms with E-state index < -0.39 is 10.0 Å². The largest absolute Gasteiger partial charge is 0.467 e. The van der Waals surface area contributed by atoms with Crippen LogP contribution in [0.25, 0.3) is 0 Å². The molecule has 7 heteroatoms. The Hall–Kier alpha value is -2.28. The van der Waals surface area contributed by atoms with Crippen molar-refractivity contribution in [3.05, 3.63) is 53.5 Å². The molecular weight excluding hydrogens is 316 g/mol. The van der Waals surface area contributed by atoms with Gasteiger partial charge in [-0.05, 0) is 49.2 Å². The minimum atomic E-state index is -3.32. The molecule has 3 rings (SSSR count). The first-order valence-electron chi connectivity index (χ1n) is 7.29. The van der Waals surface area contributed by atoms with Crippen molar-refractivity contribution in [2.45, 2.75) is 25.9 Å². The van der Waals surface area contributed by atoms with Crippen molar-refractivity contribution in [2.75, 3.05) is 10.6 Å². The van der Waals surface area contributed by atoms with Crippen LogP contribution < -0.4 is 9.62 Å². The standard InChI is InChI=1S/C16H18N2O4S/c1-11-8-13-9-12(5-6-15(13)18(11)23(2,20)21)16(19)17-10-14-4-3-7-22-14/h3-7,9,11H,8,10H2,1-2H3,(H,17,19)/t11-/m0/s1. The van der Waals surface area contributed by atoms with Crippen LogP contribution >= 0.6 is 0 Å².